The normalized spacial score (nSPS) is 11.9. The Morgan fingerprint density at radius 1 is 1.07 bits per heavy atom. The number of aromatic nitrogens is 3. The molecule has 6 heteroatoms. The van der Waals surface area contributed by atoms with Crippen LogP contribution in [0.15, 0.2) is 48.9 Å². The van der Waals surface area contributed by atoms with Gasteiger partial charge in [0.1, 0.15) is 5.82 Å². The molecule has 3 aromatic rings. The van der Waals surface area contributed by atoms with Gasteiger partial charge in [0.2, 0.25) is 0 Å². The number of methoxy groups -OCH3 is 1. The van der Waals surface area contributed by atoms with Gasteiger partial charge < -0.3 is 10.1 Å². The second-order valence-corrected chi connectivity index (χ2v) is 6.83. The summed E-state index contributed by atoms with van der Waals surface area (Å²) in [5.41, 5.74) is 5.12. The van der Waals surface area contributed by atoms with Crippen molar-refractivity contribution in [3.63, 3.8) is 0 Å². The van der Waals surface area contributed by atoms with Crippen LogP contribution in [-0.4, -0.2) is 28.0 Å². The number of pyridine rings is 1. The highest BCUT2D eigenvalue weighted by Crippen LogP contribution is 2.22. The topological polar surface area (TPSA) is 77.0 Å². The van der Waals surface area contributed by atoms with Crippen LogP contribution in [0.1, 0.15) is 45.8 Å². The van der Waals surface area contributed by atoms with E-state index in [-0.39, 0.29) is 11.9 Å². The second-order valence-electron chi connectivity index (χ2n) is 6.83. The maximum absolute atomic E-state index is 12.9. The average molecular weight is 376 g/mol. The minimum absolute atomic E-state index is 0.167. The first-order valence-electron chi connectivity index (χ1n) is 9.11. The van der Waals surface area contributed by atoms with E-state index in [2.05, 4.69) is 20.3 Å². The molecule has 0 bridgehead atoms. The summed E-state index contributed by atoms with van der Waals surface area (Å²) in [5.74, 6) is 0.532. The molecule has 0 radical (unpaired) electrons. The molecule has 6 nitrogen and oxygen atoms in total. The molecule has 0 aliphatic heterocycles. The maximum Gasteiger partial charge on any atom is 0.251 e. The third-order valence-corrected chi connectivity index (χ3v) is 4.42. The van der Waals surface area contributed by atoms with Gasteiger partial charge in [0.15, 0.2) is 0 Å². The van der Waals surface area contributed by atoms with Crippen LogP contribution >= 0.6 is 0 Å². The van der Waals surface area contributed by atoms with Gasteiger partial charge in [-0.05, 0) is 56.2 Å². The zero-order valence-corrected chi connectivity index (χ0v) is 16.6. The standard InChI is InChI=1S/C22H24N4O2/c1-14-5-6-21(25-10-14)18-7-17(13-28-4)8-19(9-18)22(27)26-15(2)20-11-23-16(3)24-12-20/h5-12,15H,13H2,1-4H3,(H,26,27). The highest BCUT2D eigenvalue weighted by atomic mass is 16.5. The molecule has 0 saturated carbocycles. The number of hydrogen-bond donors (Lipinski definition) is 1. The number of hydrogen-bond acceptors (Lipinski definition) is 5. The summed E-state index contributed by atoms with van der Waals surface area (Å²) in [7, 11) is 1.63. The Labute approximate surface area is 165 Å². The molecule has 3 rings (SSSR count). The van der Waals surface area contributed by atoms with Crippen molar-refractivity contribution in [1.29, 1.82) is 0 Å². The highest BCUT2D eigenvalue weighted by molar-refractivity contribution is 5.95. The first-order chi connectivity index (χ1) is 13.5. The van der Waals surface area contributed by atoms with Crippen LogP contribution in [0.5, 0.6) is 0 Å². The van der Waals surface area contributed by atoms with E-state index in [0.717, 1.165) is 27.9 Å². The molecule has 0 spiro atoms. The Hall–Kier alpha value is -3.12. The Morgan fingerprint density at radius 3 is 2.46 bits per heavy atom. The molecule has 144 valence electrons. The lowest BCUT2D eigenvalue weighted by atomic mass is 10.0. The molecule has 1 unspecified atom stereocenters. The van der Waals surface area contributed by atoms with E-state index in [9.17, 15) is 4.79 Å². The van der Waals surface area contributed by atoms with Crippen LogP contribution in [0.3, 0.4) is 0 Å². The molecule has 28 heavy (non-hydrogen) atoms. The lowest BCUT2D eigenvalue weighted by molar-refractivity contribution is 0.0939. The molecule has 1 atom stereocenters. The predicted molar refractivity (Wildman–Crippen MR) is 108 cm³/mol. The minimum Gasteiger partial charge on any atom is -0.380 e. The fourth-order valence-electron chi connectivity index (χ4n) is 2.85. The number of ether oxygens (including phenoxy) is 1. The fourth-order valence-corrected chi connectivity index (χ4v) is 2.85. The third-order valence-electron chi connectivity index (χ3n) is 4.42. The summed E-state index contributed by atoms with van der Waals surface area (Å²) in [6, 6.07) is 9.44. The van der Waals surface area contributed by atoms with Crippen LogP contribution in [0.4, 0.5) is 0 Å². The van der Waals surface area contributed by atoms with Crippen molar-refractivity contribution in [3.8, 4) is 11.3 Å². The Morgan fingerprint density at radius 2 is 1.82 bits per heavy atom. The van der Waals surface area contributed by atoms with Crippen molar-refractivity contribution in [1.82, 2.24) is 20.3 Å². The molecule has 1 amide bonds. The summed E-state index contributed by atoms with van der Waals surface area (Å²) in [6.07, 6.45) is 5.28. The van der Waals surface area contributed by atoms with E-state index in [1.807, 2.05) is 57.3 Å². The van der Waals surface area contributed by atoms with Gasteiger partial charge in [0.05, 0.1) is 18.3 Å². The summed E-state index contributed by atoms with van der Waals surface area (Å²) in [5, 5.41) is 3.01. The molecule has 0 aliphatic rings. The molecule has 0 saturated heterocycles. The van der Waals surface area contributed by atoms with Crippen LogP contribution < -0.4 is 5.32 Å². The molecule has 2 heterocycles. The first kappa shape index (κ1) is 19.6. The van der Waals surface area contributed by atoms with Gasteiger partial charge in [-0.2, -0.15) is 0 Å². The van der Waals surface area contributed by atoms with E-state index < -0.39 is 0 Å². The van der Waals surface area contributed by atoms with Gasteiger partial charge in [-0.25, -0.2) is 9.97 Å². The molecular formula is C22H24N4O2. The van der Waals surface area contributed by atoms with Crippen molar-refractivity contribution in [3.05, 3.63) is 77.0 Å². The van der Waals surface area contributed by atoms with Gasteiger partial charge in [0, 0.05) is 42.4 Å². The Bertz CT molecular complexity index is 953. The number of aryl methyl sites for hydroxylation is 2. The lowest BCUT2D eigenvalue weighted by Gasteiger charge is -2.15. The lowest BCUT2D eigenvalue weighted by Crippen LogP contribution is -2.27. The second kappa shape index (κ2) is 8.71. The number of carbonyl (C=O) groups excluding carboxylic acids is 1. The average Bonchev–Trinajstić information content (AvgIpc) is 2.69. The van der Waals surface area contributed by atoms with Gasteiger partial charge in [0.25, 0.3) is 5.91 Å². The van der Waals surface area contributed by atoms with E-state index in [1.165, 1.54) is 0 Å². The number of amides is 1. The molecule has 0 aliphatic carbocycles. The number of nitrogens with zero attached hydrogens (tertiary/aromatic N) is 3. The van der Waals surface area contributed by atoms with Crippen molar-refractivity contribution >= 4 is 5.91 Å². The van der Waals surface area contributed by atoms with Crippen molar-refractivity contribution in [2.24, 2.45) is 0 Å². The Balaban J connectivity index is 1.87. The number of rotatable bonds is 6. The molecule has 0 fully saturated rings. The number of carbonyl (C=O) groups is 1. The number of benzene rings is 1. The molecule has 2 aromatic heterocycles. The molecule has 1 aromatic carbocycles. The monoisotopic (exact) mass is 376 g/mol. The quantitative estimate of drug-likeness (QED) is 0.708. The Kier molecular flexibility index (Phi) is 6.11. The van der Waals surface area contributed by atoms with E-state index >= 15 is 0 Å². The van der Waals surface area contributed by atoms with Crippen LogP contribution in [-0.2, 0) is 11.3 Å². The van der Waals surface area contributed by atoms with Crippen molar-refractivity contribution < 1.29 is 9.53 Å². The minimum atomic E-state index is -0.208. The molecular weight excluding hydrogens is 352 g/mol. The third kappa shape index (κ3) is 4.78. The fraction of sp³-hybridized carbons (Fsp3) is 0.273. The van der Waals surface area contributed by atoms with Crippen molar-refractivity contribution in [2.75, 3.05) is 7.11 Å². The smallest absolute Gasteiger partial charge is 0.251 e. The molecule has 1 N–H and O–H groups in total. The van der Waals surface area contributed by atoms with Gasteiger partial charge >= 0.3 is 0 Å². The first-order valence-corrected chi connectivity index (χ1v) is 9.11. The van der Waals surface area contributed by atoms with E-state index in [0.29, 0.717) is 18.0 Å². The van der Waals surface area contributed by atoms with E-state index in [1.54, 1.807) is 19.5 Å². The summed E-state index contributed by atoms with van der Waals surface area (Å²) < 4.78 is 5.27. The van der Waals surface area contributed by atoms with Gasteiger partial charge in [-0.3, -0.25) is 9.78 Å². The largest absolute Gasteiger partial charge is 0.380 e. The zero-order chi connectivity index (χ0) is 20.1. The summed E-state index contributed by atoms with van der Waals surface area (Å²) in [4.78, 5) is 25.7. The van der Waals surface area contributed by atoms with Crippen LogP contribution in [0.25, 0.3) is 11.3 Å². The summed E-state index contributed by atoms with van der Waals surface area (Å²) >= 11 is 0. The van der Waals surface area contributed by atoms with Gasteiger partial charge in [-0.1, -0.05) is 6.07 Å². The number of nitrogens with one attached hydrogen (secondary N) is 1. The van der Waals surface area contributed by atoms with Gasteiger partial charge in [-0.15, -0.1) is 0 Å². The summed E-state index contributed by atoms with van der Waals surface area (Å²) in [6.45, 7) is 6.15. The predicted octanol–water partition coefficient (Wildman–Crippen LogP) is 3.79. The zero-order valence-electron chi connectivity index (χ0n) is 16.6. The SMILES string of the molecule is COCc1cc(C(=O)NC(C)c2cnc(C)nc2)cc(-c2ccc(C)cn2)c1. The van der Waals surface area contributed by atoms with Crippen LogP contribution in [0.2, 0.25) is 0 Å². The van der Waals surface area contributed by atoms with Crippen LogP contribution in [0, 0.1) is 13.8 Å². The van der Waals surface area contributed by atoms with E-state index in [4.69, 9.17) is 4.74 Å². The highest BCUT2D eigenvalue weighted by Gasteiger charge is 2.15. The maximum atomic E-state index is 12.9. The van der Waals surface area contributed by atoms with Crippen molar-refractivity contribution in [2.45, 2.75) is 33.4 Å².